The van der Waals surface area contributed by atoms with Crippen LogP contribution in [0.3, 0.4) is 0 Å². The van der Waals surface area contributed by atoms with E-state index in [4.69, 9.17) is 0 Å². The number of likely N-dealkylation sites (N-methyl/N-ethyl adjacent to an activating group) is 2. The highest BCUT2D eigenvalue weighted by atomic mass is 16.6. The number of nitrogens with zero attached hydrogens (tertiary/aromatic N) is 3. The van der Waals surface area contributed by atoms with E-state index in [0.717, 1.165) is 0 Å². The number of amides is 2. The fraction of sp³-hybridized carbons (Fsp3) is 0.467. The maximum Gasteiger partial charge on any atom is 0.273 e. The van der Waals surface area contributed by atoms with Crippen LogP contribution in [0.5, 0.6) is 0 Å². The van der Waals surface area contributed by atoms with E-state index in [1.807, 2.05) is 13.8 Å². The molecule has 120 valence electrons. The van der Waals surface area contributed by atoms with Crippen molar-refractivity contribution in [2.75, 3.05) is 26.7 Å². The predicted molar refractivity (Wildman–Crippen MR) is 82.7 cm³/mol. The average molecular weight is 307 g/mol. The van der Waals surface area contributed by atoms with E-state index in [-0.39, 0.29) is 23.7 Å². The van der Waals surface area contributed by atoms with Crippen molar-refractivity contribution >= 4 is 17.5 Å². The first-order chi connectivity index (χ1) is 10.3. The smallest absolute Gasteiger partial charge is 0.273 e. The predicted octanol–water partition coefficient (Wildman–Crippen LogP) is 1.84. The van der Waals surface area contributed by atoms with Crippen LogP contribution >= 0.6 is 0 Å². The molecule has 0 N–H and O–H groups in total. The van der Waals surface area contributed by atoms with Crippen molar-refractivity contribution in [2.45, 2.75) is 20.8 Å². The summed E-state index contributed by atoms with van der Waals surface area (Å²) in [4.78, 5) is 37.8. The van der Waals surface area contributed by atoms with Crippen LogP contribution in [0.25, 0.3) is 0 Å². The summed E-state index contributed by atoms with van der Waals surface area (Å²) in [5.74, 6) is -0.550. The zero-order valence-corrected chi connectivity index (χ0v) is 13.3. The second kappa shape index (κ2) is 7.53. The van der Waals surface area contributed by atoms with Gasteiger partial charge in [-0.1, -0.05) is 6.07 Å². The lowest BCUT2D eigenvalue weighted by Crippen LogP contribution is -2.41. The maximum atomic E-state index is 12.4. The van der Waals surface area contributed by atoms with Crippen LogP contribution < -0.4 is 0 Å². The average Bonchev–Trinajstić information content (AvgIpc) is 2.47. The van der Waals surface area contributed by atoms with Gasteiger partial charge in [0.15, 0.2) is 0 Å². The number of nitro benzene ring substituents is 1. The molecule has 0 spiro atoms. The van der Waals surface area contributed by atoms with Crippen molar-refractivity contribution < 1.29 is 14.5 Å². The molecule has 1 rings (SSSR count). The Kier molecular flexibility index (Phi) is 6.03. The number of carbonyl (C=O) groups is 2. The second-order valence-electron chi connectivity index (χ2n) is 4.93. The van der Waals surface area contributed by atoms with Crippen LogP contribution in [0.4, 0.5) is 5.69 Å². The van der Waals surface area contributed by atoms with Crippen molar-refractivity contribution in [1.29, 1.82) is 0 Å². The Morgan fingerprint density at radius 1 is 1.23 bits per heavy atom. The summed E-state index contributed by atoms with van der Waals surface area (Å²) in [6.45, 7) is 6.37. The minimum atomic E-state index is -0.521. The Labute approximate surface area is 129 Å². The summed E-state index contributed by atoms with van der Waals surface area (Å²) >= 11 is 0. The molecule has 0 heterocycles. The molecule has 1 aromatic rings. The number of rotatable bonds is 6. The Morgan fingerprint density at radius 2 is 1.82 bits per heavy atom. The first kappa shape index (κ1) is 17.6. The zero-order valence-electron chi connectivity index (χ0n) is 13.3. The van der Waals surface area contributed by atoms with Crippen LogP contribution in [0, 0.1) is 17.0 Å². The molecule has 7 heteroatoms. The van der Waals surface area contributed by atoms with Gasteiger partial charge in [0.2, 0.25) is 5.91 Å². The van der Waals surface area contributed by atoms with Crippen molar-refractivity contribution in [3.8, 4) is 0 Å². The Morgan fingerprint density at radius 3 is 2.32 bits per heavy atom. The summed E-state index contributed by atoms with van der Waals surface area (Å²) in [6.07, 6.45) is 0. The number of hydrogen-bond acceptors (Lipinski definition) is 4. The second-order valence-corrected chi connectivity index (χ2v) is 4.93. The fourth-order valence-electron chi connectivity index (χ4n) is 2.21. The third-order valence-corrected chi connectivity index (χ3v) is 3.57. The van der Waals surface area contributed by atoms with Crippen molar-refractivity contribution in [3.63, 3.8) is 0 Å². The Hall–Kier alpha value is -2.44. The van der Waals surface area contributed by atoms with Gasteiger partial charge in [-0.05, 0) is 26.8 Å². The molecular formula is C15H21N3O4. The summed E-state index contributed by atoms with van der Waals surface area (Å²) in [6, 6.07) is 4.36. The summed E-state index contributed by atoms with van der Waals surface area (Å²) < 4.78 is 0. The highest BCUT2D eigenvalue weighted by molar-refractivity contribution is 5.98. The van der Waals surface area contributed by atoms with E-state index >= 15 is 0 Å². The van der Waals surface area contributed by atoms with Gasteiger partial charge in [-0.25, -0.2) is 0 Å². The zero-order chi connectivity index (χ0) is 16.9. The molecule has 7 nitrogen and oxygen atoms in total. The summed E-state index contributed by atoms with van der Waals surface area (Å²) in [5.41, 5.74) is 0.443. The highest BCUT2D eigenvalue weighted by Crippen LogP contribution is 2.22. The normalized spacial score (nSPS) is 10.2. The van der Waals surface area contributed by atoms with Crippen LogP contribution in [-0.2, 0) is 4.79 Å². The molecule has 0 fully saturated rings. The van der Waals surface area contributed by atoms with Gasteiger partial charge in [0.05, 0.1) is 11.5 Å². The summed E-state index contributed by atoms with van der Waals surface area (Å²) in [5, 5.41) is 10.9. The lowest BCUT2D eigenvalue weighted by Gasteiger charge is -2.23. The van der Waals surface area contributed by atoms with Gasteiger partial charge in [-0.15, -0.1) is 0 Å². The molecule has 0 saturated carbocycles. The molecule has 0 unspecified atom stereocenters. The molecule has 0 radical (unpaired) electrons. The highest BCUT2D eigenvalue weighted by Gasteiger charge is 2.22. The van der Waals surface area contributed by atoms with Gasteiger partial charge in [-0.2, -0.15) is 0 Å². The van der Waals surface area contributed by atoms with Gasteiger partial charge in [0.25, 0.3) is 11.6 Å². The molecule has 0 aliphatic carbocycles. The topological polar surface area (TPSA) is 83.8 Å². The monoisotopic (exact) mass is 307 g/mol. The van der Waals surface area contributed by atoms with Crippen molar-refractivity contribution in [1.82, 2.24) is 9.80 Å². The molecule has 22 heavy (non-hydrogen) atoms. The number of benzene rings is 1. The molecule has 0 bridgehead atoms. The quantitative estimate of drug-likeness (QED) is 0.593. The van der Waals surface area contributed by atoms with Crippen molar-refractivity contribution in [2.24, 2.45) is 0 Å². The minimum Gasteiger partial charge on any atom is -0.342 e. The van der Waals surface area contributed by atoms with Gasteiger partial charge in [0, 0.05) is 37.3 Å². The first-order valence-electron chi connectivity index (χ1n) is 7.10. The van der Waals surface area contributed by atoms with Crippen molar-refractivity contribution in [3.05, 3.63) is 39.4 Å². The lowest BCUT2D eigenvalue weighted by molar-refractivity contribution is -0.385. The first-order valence-corrected chi connectivity index (χ1v) is 7.10. The van der Waals surface area contributed by atoms with Crippen LogP contribution in [-0.4, -0.2) is 53.2 Å². The van der Waals surface area contributed by atoms with E-state index in [2.05, 4.69) is 0 Å². The molecule has 1 aromatic carbocycles. The largest absolute Gasteiger partial charge is 0.342 e. The molecule has 2 amide bonds. The van der Waals surface area contributed by atoms with Crippen LogP contribution in [0.15, 0.2) is 18.2 Å². The molecule has 0 atom stereocenters. The third-order valence-electron chi connectivity index (χ3n) is 3.57. The summed E-state index contributed by atoms with van der Waals surface area (Å²) in [7, 11) is 1.52. The fourth-order valence-corrected chi connectivity index (χ4v) is 2.21. The van der Waals surface area contributed by atoms with E-state index in [1.165, 1.54) is 37.1 Å². The van der Waals surface area contributed by atoms with E-state index < -0.39 is 10.8 Å². The minimum absolute atomic E-state index is 0.0529. The Balaban J connectivity index is 2.95. The number of carbonyl (C=O) groups excluding carboxylic acids is 2. The van der Waals surface area contributed by atoms with Gasteiger partial charge >= 0.3 is 0 Å². The molecular weight excluding hydrogens is 286 g/mol. The van der Waals surface area contributed by atoms with Crippen LogP contribution in [0.2, 0.25) is 0 Å². The van der Waals surface area contributed by atoms with E-state index in [0.29, 0.717) is 18.7 Å². The molecule has 0 saturated heterocycles. The van der Waals surface area contributed by atoms with Gasteiger partial charge in [0.1, 0.15) is 0 Å². The standard InChI is InChI=1S/C15H21N3O4/c1-5-17(6-2)14(19)10-16(4)15(20)12-8-7-9-13(11(12)3)18(21)22/h7-9H,5-6,10H2,1-4H3. The number of nitro groups is 1. The van der Waals surface area contributed by atoms with Crippen LogP contribution in [0.1, 0.15) is 29.8 Å². The van der Waals surface area contributed by atoms with Gasteiger partial charge in [-0.3, -0.25) is 19.7 Å². The molecule has 0 aliphatic rings. The Bertz CT molecular complexity index is 582. The van der Waals surface area contributed by atoms with E-state index in [1.54, 1.807) is 4.90 Å². The van der Waals surface area contributed by atoms with E-state index in [9.17, 15) is 19.7 Å². The lowest BCUT2D eigenvalue weighted by atomic mass is 10.1. The SMILES string of the molecule is CCN(CC)C(=O)CN(C)C(=O)c1cccc([N+](=O)[O-])c1C. The molecule has 0 aliphatic heterocycles. The van der Waals surface area contributed by atoms with Gasteiger partial charge < -0.3 is 9.80 Å². The molecule has 0 aromatic heterocycles. The third kappa shape index (κ3) is 3.81. The number of hydrogen-bond donors (Lipinski definition) is 0. The maximum absolute atomic E-state index is 12.4.